The molecule has 1 amide bonds. The first kappa shape index (κ1) is 15.1. The molecule has 18 heavy (non-hydrogen) atoms. The first-order valence-corrected chi connectivity index (χ1v) is 7.80. The van der Waals surface area contributed by atoms with E-state index in [9.17, 15) is 13.2 Å². The largest absolute Gasteiger partial charge is 0.352 e. The van der Waals surface area contributed by atoms with Crippen LogP contribution in [0.25, 0.3) is 0 Å². The molecule has 0 saturated heterocycles. The normalized spacial score (nSPS) is 11.3. The van der Waals surface area contributed by atoms with Gasteiger partial charge in [-0.3, -0.25) is 4.79 Å². The summed E-state index contributed by atoms with van der Waals surface area (Å²) in [6, 6.07) is 4.18. The minimum absolute atomic E-state index is 0.0856. The Morgan fingerprint density at radius 1 is 1.39 bits per heavy atom. The van der Waals surface area contributed by atoms with Crippen molar-refractivity contribution in [3.05, 3.63) is 28.2 Å². The first-order valence-electron chi connectivity index (χ1n) is 5.46. The summed E-state index contributed by atoms with van der Waals surface area (Å²) in [6.45, 7) is 2.58. The van der Waals surface area contributed by atoms with Crippen LogP contribution in [0.2, 0.25) is 0 Å². The molecule has 0 fully saturated rings. The van der Waals surface area contributed by atoms with Crippen molar-refractivity contribution < 1.29 is 13.2 Å². The maximum absolute atomic E-state index is 11.8. The van der Waals surface area contributed by atoms with Gasteiger partial charge >= 0.3 is 0 Å². The molecule has 0 unspecified atom stereocenters. The number of hydrogen-bond acceptors (Lipinski definition) is 3. The fourth-order valence-corrected chi connectivity index (χ4v) is 2.57. The van der Waals surface area contributed by atoms with Gasteiger partial charge in [0.2, 0.25) is 10.0 Å². The van der Waals surface area contributed by atoms with Gasteiger partial charge in [-0.25, -0.2) is 13.6 Å². The van der Waals surface area contributed by atoms with Gasteiger partial charge in [0.25, 0.3) is 5.91 Å². The van der Waals surface area contributed by atoms with Crippen LogP contribution < -0.4 is 10.5 Å². The van der Waals surface area contributed by atoms with E-state index in [0.717, 1.165) is 12.8 Å². The number of benzene rings is 1. The van der Waals surface area contributed by atoms with Gasteiger partial charge < -0.3 is 5.32 Å². The fourth-order valence-electron chi connectivity index (χ4n) is 1.34. The fraction of sp³-hybridized carbons (Fsp3) is 0.364. The second-order valence-electron chi connectivity index (χ2n) is 3.83. The lowest BCUT2D eigenvalue weighted by atomic mass is 10.2. The number of sulfonamides is 1. The molecule has 7 heteroatoms. The van der Waals surface area contributed by atoms with Crippen LogP contribution in [0.3, 0.4) is 0 Å². The van der Waals surface area contributed by atoms with Crippen molar-refractivity contribution in [3.63, 3.8) is 0 Å². The lowest BCUT2D eigenvalue weighted by Gasteiger charge is -2.06. The number of nitrogens with two attached hydrogens (primary N) is 1. The Labute approximate surface area is 115 Å². The highest BCUT2D eigenvalue weighted by atomic mass is 79.9. The molecule has 1 aromatic rings. The van der Waals surface area contributed by atoms with Gasteiger partial charge in [-0.15, -0.1) is 0 Å². The van der Waals surface area contributed by atoms with Crippen molar-refractivity contribution in [1.82, 2.24) is 5.32 Å². The second-order valence-corrected chi connectivity index (χ2v) is 6.31. The van der Waals surface area contributed by atoms with E-state index in [1.54, 1.807) is 6.07 Å². The summed E-state index contributed by atoms with van der Waals surface area (Å²) in [5, 5.41) is 7.75. The molecular formula is C11H15BrN2O3S. The molecule has 0 spiro atoms. The highest BCUT2D eigenvalue weighted by molar-refractivity contribution is 9.10. The van der Waals surface area contributed by atoms with Crippen LogP contribution in [0.15, 0.2) is 27.6 Å². The average Bonchev–Trinajstić information content (AvgIpc) is 2.27. The molecule has 0 aromatic heterocycles. The van der Waals surface area contributed by atoms with Crippen molar-refractivity contribution in [3.8, 4) is 0 Å². The van der Waals surface area contributed by atoms with Crippen molar-refractivity contribution in [2.45, 2.75) is 24.7 Å². The van der Waals surface area contributed by atoms with Crippen molar-refractivity contribution in [2.24, 2.45) is 5.14 Å². The maximum atomic E-state index is 11.8. The molecule has 0 radical (unpaired) electrons. The van der Waals surface area contributed by atoms with Crippen molar-refractivity contribution in [1.29, 1.82) is 0 Å². The maximum Gasteiger partial charge on any atom is 0.251 e. The molecule has 3 N–H and O–H groups in total. The molecule has 0 saturated carbocycles. The van der Waals surface area contributed by atoms with E-state index in [-0.39, 0.29) is 16.4 Å². The molecule has 100 valence electrons. The van der Waals surface area contributed by atoms with Crippen LogP contribution in [0.4, 0.5) is 0 Å². The molecule has 0 aliphatic rings. The molecular weight excluding hydrogens is 320 g/mol. The summed E-state index contributed by atoms with van der Waals surface area (Å²) >= 11 is 3.16. The van der Waals surface area contributed by atoms with Crippen LogP contribution in [-0.4, -0.2) is 20.9 Å². The standard InChI is InChI=1S/C11H15BrN2O3S/c1-2-3-4-14-11(15)8-5-9(12)7-10(6-8)18(13,16)17/h5-7H,2-4H2,1H3,(H,14,15)(H2,13,16,17). The van der Waals surface area contributed by atoms with Crippen molar-refractivity contribution in [2.75, 3.05) is 6.54 Å². The number of nitrogens with one attached hydrogen (secondary N) is 1. The number of rotatable bonds is 5. The molecule has 0 aliphatic carbocycles. The summed E-state index contributed by atoms with van der Waals surface area (Å²) in [5.41, 5.74) is 0.268. The van der Waals surface area contributed by atoms with Gasteiger partial charge in [-0.1, -0.05) is 29.3 Å². The number of hydrogen-bond donors (Lipinski definition) is 2. The predicted molar refractivity (Wildman–Crippen MR) is 72.8 cm³/mol. The number of primary sulfonamides is 1. The number of halogens is 1. The monoisotopic (exact) mass is 334 g/mol. The zero-order chi connectivity index (χ0) is 13.8. The molecule has 0 aliphatic heterocycles. The highest BCUT2D eigenvalue weighted by Gasteiger charge is 2.13. The minimum atomic E-state index is -3.82. The number of amides is 1. The third kappa shape index (κ3) is 4.40. The van der Waals surface area contributed by atoms with Crippen LogP contribution in [0.1, 0.15) is 30.1 Å². The van der Waals surface area contributed by atoms with Gasteiger partial charge in [0, 0.05) is 16.6 Å². The van der Waals surface area contributed by atoms with Gasteiger partial charge in [0.05, 0.1) is 4.90 Å². The van der Waals surface area contributed by atoms with E-state index in [4.69, 9.17) is 5.14 Å². The Morgan fingerprint density at radius 3 is 2.61 bits per heavy atom. The van der Waals surface area contributed by atoms with E-state index in [1.165, 1.54) is 12.1 Å². The predicted octanol–water partition coefficient (Wildman–Crippen LogP) is 1.63. The van der Waals surface area contributed by atoms with E-state index in [2.05, 4.69) is 21.2 Å². The summed E-state index contributed by atoms with van der Waals surface area (Å²) in [4.78, 5) is 11.7. The quantitative estimate of drug-likeness (QED) is 0.802. The van der Waals surface area contributed by atoms with Crippen LogP contribution in [-0.2, 0) is 10.0 Å². The van der Waals surface area contributed by atoms with Gasteiger partial charge in [0.15, 0.2) is 0 Å². The number of carbonyl (C=O) groups excluding carboxylic acids is 1. The zero-order valence-corrected chi connectivity index (χ0v) is 12.3. The Morgan fingerprint density at radius 2 is 2.06 bits per heavy atom. The van der Waals surface area contributed by atoms with E-state index < -0.39 is 10.0 Å². The summed E-state index contributed by atoms with van der Waals surface area (Å²) in [6.07, 6.45) is 1.85. The number of unbranched alkanes of at least 4 members (excludes halogenated alkanes) is 1. The molecule has 1 rings (SSSR count). The molecule has 0 bridgehead atoms. The SMILES string of the molecule is CCCCNC(=O)c1cc(Br)cc(S(N)(=O)=O)c1. The van der Waals surface area contributed by atoms with Crippen LogP contribution >= 0.6 is 15.9 Å². The molecule has 5 nitrogen and oxygen atoms in total. The highest BCUT2D eigenvalue weighted by Crippen LogP contribution is 2.18. The topological polar surface area (TPSA) is 89.3 Å². The van der Waals surface area contributed by atoms with Crippen LogP contribution in [0, 0.1) is 0 Å². The smallest absolute Gasteiger partial charge is 0.251 e. The molecule has 0 atom stereocenters. The van der Waals surface area contributed by atoms with Crippen LogP contribution in [0.5, 0.6) is 0 Å². The first-order chi connectivity index (χ1) is 8.34. The Hall–Kier alpha value is -0.920. The lowest BCUT2D eigenvalue weighted by Crippen LogP contribution is -2.24. The third-order valence-electron chi connectivity index (χ3n) is 2.28. The van der Waals surface area contributed by atoms with Gasteiger partial charge in [-0.2, -0.15) is 0 Å². The lowest BCUT2D eigenvalue weighted by molar-refractivity contribution is 0.0953. The van der Waals surface area contributed by atoms with Gasteiger partial charge in [0.1, 0.15) is 0 Å². The van der Waals surface area contributed by atoms with E-state index in [1.807, 2.05) is 6.92 Å². The second kappa shape index (κ2) is 6.31. The number of carbonyl (C=O) groups is 1. The Kier molecular flexibility index (Phi) is 5.30. The zero-order valence-electron chi connectivity index (χ0n) is 9.94. The summed E-state index contributed by atoms with van der Waals surface area (Å²) in [5.74, 6) is -0.311. The van der Waals surface area contributed by atoms with E-state index in [0.29, 0.717) is 11.0 Å². The molecule has 1 aromatic carbocycles. The summed E-state index contributed by atoms with van der Waals surface area (Å²) < 4.78 is 23.0. The Balaban J connectivity index is 2.96. The van der Waals surface area contributed by atoms with Crippen molar-refractivity contribution >= 4 is 31.9 Å². The molecule has 0 heterocycles. The third-order valence-corrected chi connectivity index (χ3v) is 3.63. The minimum Gasteiger partial charge on any atom is -0.352 e. The Bertz CT molecular complexity index is 543. The summed E-state index contributed by atoms with van der Waals surface area (Å²) in [7, 11) is -3.82. The van der Waals surface area contributed by atoms with Gasteiger partial charge in [-0.05, 0) is 24.6 Å². The van der Waals surface area contributed by atoms with E-state index >= 15 is 0 Å². The average molecular weight is 335 g/mol.